The van der Waals surface area contributed by atoms with Crippen molar-refractivity contribution in [2.24, 2.45) is 0 Å². The predicted molar refractivity (Wildman–Crippen MR) is 60.8 cm³/mol. The van der Waals surface area contributed by atoms with E-state index in [4.69, 9.17) is 5.26 Å². The summed E-state index contributed by atoms with van der Waals surface area (Å²) in [6.07, 6.45) is 1.80. The first-order valence-corrected chi connectivity index (χ1v) is 6.93. The largest absolute Gasteiger partial charge is 0.214 e. The topological polar surface area (TPSA) is 61.2 Å². The number of hydrogen-bond donors (Lipinski definition) is 0. The first-order valence-electron chi connectivity index (χ1n) is 5.32. The van der Waals surface area contributed by atoms with E-state index >= 15 is 0 Å². The third-order valence-corrected chi connectivity index (χ3v) is 4.26. The van der Waals surface area contributed by atoms with Crippen molar-refractivity contribution < 1.29 is 8.42 Å². The lowest BCUT2D eigenvalue weighted by Gasteiger charge is -2.24. The van der Waals surface area contributed by atoms with Gasteiger partial charge in [-0.2, -0.15) is 9.57 Å². The van der Waals surface area contributed by atoms with Gasteiger partial charge in [0, 0.05) is 19.0 Å². The number of unbranched alkanes of at least 4 members (excludes halogenated alkanes) is 1. The summed E-state index contributed by atoms with van der Waals surface area (Å²) < 4.78 is 25.1. The summed E-state index contributed by atoms with van der Waals surface area (Å²) in [7, 11) is -3.17. The zero-order valence-corrected chi connectivity index (χ0v) is 10.5. The molecule has 0 aromatic rings. The minimum Gasteiger partial charge on any atom is -0.212 e. The summed E-state index contributed by atoms with van der Waals surface area (Å²) >= 11 is 0. The van der Waals surface area contributed by atoms with Gasteiger partial charge in [-0.25, -0.2) is 8.42 Å². The first kappa shape index (κ1) is 14.4. The molecular formula is C10H20N2O2S. The lowest BCUT2D eigenvalue weighted by atomic mass is 10.3. The van der Waals surface area contributed by atoms with Crippen LogP contribution in [0.25, 0.3) is 0 Å². The molecule has 0 aromatic carbocycles. The van der Waals surface area contributed by atoms with E-state index in [0.29, 0.717) is 13.0 Å². The number of nitriles is 1. The van der Waals surface area contributed by atoms with Crippen LogP contribution in [0.2, 0.25) is 0 Å². The van der Waals surface area contributed by atoms with Crippen LogP contribution in [0.15, 0.2) is 0 Å². The van der Waals surface area contributed by atoms with E-state index in [1.165, 1.54) is 4.31 Å². The molecule has 0 aromatic heterocycles. The second-order valence-corrected chi connectivity index (χ2v) is 5.82. The Morgan fingerprint density at radius 1 is 1.40 bits per heavy atom. The molecule has 0 aliphatic carbocycles. The number of hydrogen-bond acceptors (Lipinski definition) is 3. The molecule has 0 unspecified atom stereocenters. The summed E-state index contributed by atoms with van der Waals surface area (Å²) in [6.45, 7) is 5.94. The van der Waals surface area contributed by atoms with Crippen LogP contribution >= 0.6 is 0 Å². The quantitative estimate of drug-likeness (QED) is 0.671. The van der Waals surface area contributed by atoms with Crippen LogP contribution in [0.1, 0.15) is 40.0 Å². The smallest absolute Gasteiger partial charge is 0.212 e. The standard InChI is InChI=1S/C10H20N2O2S/c1-4-5-9-15(13,14)12(10(2)3)8-6-7-11/h10H,4-6,8-9H2,1-3H3. The summed E-state index contributed by atoms with van der Waals surface area (Å²) in [6, 6.07) is 1.91. The summed E-state index contributed by atoms with van der Waals surface area (Å²) in [4.78, 5) is 0. The predicted octanol–water partition coefficient (Wildman–Crippen LogP) is 1.74. The van der Waals surface area contributed by atoms with Crippen LogP contribution in [0, 0.1) is 11.3 Å². The molecule has 5 heteroatoms. The van der Waals surface area contributed by atoms with E-state index in [2.05, 4.69) is 0 Å². The molecule has 0 N–H and O–H groups in total. The summed E-state index contributed by atoms with van der Waals surface area (Å²) in [5, 5.41) is 8.47. The molecule has 0 rings (SSSR count). The second kappa shape index (κ2) is 6.81. The van der Waals surface area contributed by atoms with E-state index in [0.717, 1.165) is 6.42 Å². The lowest BCUT2D eigenvalue weighted by Crippen LogP contribution is -2.39. The van der Waals surface area contributed by atoms with Crippen LogP contribution in [0.3, 0.4) is 0 Å². The average molecular weight is 232 g/mol. The van der Waals surface area contributed by atoms with Crippen molar-refractivity contribution in [1.82, 2.24) is 4.31 Å². The van der Waals surface area contributed by atoms with E-state index in [1.54, 1.807) is 0 Å². The van der Waals surface area contributed by atoms with E-state index in [1.807, 2.05) is 26.8 Å². The fraction of sp³-hybridized carbons (Fsp3) is 0.900. The maximum absolute atomic E-state index is 11.9. The van der Waals surface area contributed by atoms with Gasteiger partial charge in [-0.05, 0) is 20.3 Å². The van der Waals surface area contributed by atoms with Crippen molar-refractivity contribution in [2.45, 2.75) is 46.1 Å². The molecule has 4 nitrogen and oxygen atoms in total. The van der Waals surface area contributed by atoms with Crippen LogP contribution in [-0.4, -0.2) is 31.1 Å². The van der Waals surface area contributed by atoms with Gasteiger partial charge in [0.1, 0.15) is 0 Å². The maximum Gasteiger partial charge on any atom is 0.214 e. The Bertz CT molecular complexity index is 304. The Labute approximate surface area is 92.9 Å². The van der Waals surface area contributed by atoms with Gasteiger partial charge in [-0.3, -0.25) is 0 Å². The molecule has 0 amide bonds. The SMILES string of the molecule is CCCCS(=O)(=O)N(CCC#N)C(C)C. The van der Waals surface area contributed by atoms with Crippen LogP contribution < -0.4 is 0 Å². The van der Waals surface area contributed by atoms with Crippen molar-refractivity contribution in [2.75, 3.05) is 12.3 Å². The summed E-state index contributed by atoms with van der Waals surface area (Å²) in [5.74, 6) is 0.188. The maximum atomic E-state index is 11.9. The highest BCUT2D eigenvalue weighted by molar-refractivity contribution is 7.89. The molecule has 0 spiro atoms. The molecule has 0 bridgehead atoms. The van der Waals surface area contributed by atoms with Crippen molar-refractivity contribution in [3.8, 4) is 6.07 Å². The fourth-order valence-corrected chi connectivity index (χ4v) is 3.22. The Hall–Kier alpha value is -0.600. The van der Waals surface area contributed by atoms with Crippen molar-refractivity contribution >= 4 is 10.0 Å². The molecule has 88 valence electrons. The van der Waals surface area contributed by atoms with Gasteiger partial charge >= 0.3 is 0 Å². The van der Waals surface area contributed by atoms with E-state index in [-0.39, 0.29) is 18.2 Å². The normalized spacial score (nSPS) is 12.0. The van der Waals surface area contributed by atoms with Gasteiger partial charge in [0.2, 0.25) is 10.0 Å². The molecule has 0 saturated carbocycles. The Morgan fingerprint density at radius 3 is 2.40 bits per heavy atom. The molecule has 0 heterocycles. The molecule has 15 heavy (non-hydrogen) atoms. The molecular weight excluding hydrogens is 212 g/mol. The van der Waals surface area contributed by atoms with E-state index in [9.17, 15) is 8.42 Å². The molecule has 0 saturated heterocycles. The lowest BCUT2D eigenvalue weighted by molar-refractivity contribution is 0.360. The van der Waals surface area contributed by atoms with Gasteiger partial charge in [0.15, 0.2) is 0 Å². The third kappa shape index (κ3) is 5.14. The Morgan fingerprint density at radius 2 is 2.00 bits per heavy atom. The molecule has 0 aliphatic heterocycles. The van der Waals surface area contributed by atoms with Crippen LogP contribution in [0.4, 0.5) is 0 Å². The Kier molecular flexibility index (Phi) is 6.53. The van der Waals surface area contributed by atoms with Crippen molar-refractivity contribution in [1.29, 1.82) is 5.26 Å². The monoisotopic (exact) mass is 232 g/mol. The molecule has 0 aliphatic rings. The van der Waals surface area contributed by atoms with Gasteiger partial charge in [-0.1, -0.05) is 13.3 Å². The minimum atomic E-state index is -3.17. The minimum absolute atomic E-state index is 0.0693. The van der Waals surface area contributed by atoms with Gasteiger partial charge < -0.3 is 0 Å². The number of rotatable bonds is 7. The molecule has 0 atom stereocenters. The number of nitrogens with zero attached hydrogens (tertiary/aromatic N) is 2. The van der Waals surface area contributed by atoms with Crippen LogP contribution in [-0.2, 0) is 10.0 Å². The summed E-state index contributed by atoms with van der Waals surface area (Å²) in [5.41, 5.74) is 0. The second-order valence-electron chi connectivity index (χ2n) is 3.78. The first-order chi connectivity index (χ1) is 6.95. The van der Waals surface area contributed by atoms with Crippen molar-refractivity contribution in [3.63, 3.8) is 0 Å². The van der Waals surface area contributed by atoms with Gasteiger partial charge in [-0.15, -0.1) is 0 Å². The van der Waals surface area contributed by atoms with Crippen LogP contribution in [0.5, 0.6) is 0 Å². The highest BCUT2D eigenvalue weighted by atomic mass is 32.2. The highest BCUT2D eigenvalue weighted by Gasteiger charge is 2.23. The number of sulfonamides is 1. The molecule has 0 radical (unpaired) electrons. The van der Waals surface area contributed by atoms with Gasteiger partial charge in [0.25, 0.3) is 0 Å². The van der Waals surface area contributed by atoms with Gasteiger partial charge in [0.05, 0.1) is 11.8 Å². The molecule has 0 fully saturated rings. The third-order valence-electron chi connectivity index (χ3n) is 2.13. The van der Waals surface area contributed by atoms with E-state index < -0.39 is 10.0 Å². The zero-order valence-electron chi connectivity index (χ0n) is 9.73. The Balaban J connectivity index is 4.53. The highest BCUT2D eigenvalue weighted by Crippen LogP contribution is 2.10. The average Bonchev–Trinajstić information content (AvgIpc) is 2.14. The zero-order chi connectivity index (χ0) is 11.9. The van der Waals surface area contributed by atoms with Crippen molar-refractivity contribution in [3.05, 3.63) is 0 Å². The fourth-order valence-electron chi connectivity index (χ4n) is 1.32.